The maximum atomic E-state index is 6.50. The Bertz CT molecular complexity index is 3180. The summed E-state index contributed by atoms with van der Waals surface area (Å²) < 4.78 is 12.9. The molecule has 0 N–H and O–H groups in total. The molecule has 0 saturated heterocycles. The Morgan fingerprint density at radius 3 is 1.26 bits per heavy atom. The minimum Gasteiger partial charge on any atom is -0.456 e. The quantitative estimate of drug-likeness (QED) is 0.164. The fraction of sp³-hybridized carbons (Fsp3) is 0. The molecule has 2 aromatic heterocycles. The van der Waals surface area contributed by atoms with Gasteiger partial charge in [0.15, 0.2) is 0 Å². The summed E-state index contributed by atoms with van der Waals surface area (Å²) in [7, 11) is 0. The third kappa shape index (κ3) is 5.76. The number of fused-ring (bicyclic) bond motifs is 7. The first kappa shape index (κ1) is 32.8. The summed E-state index contributed by atoms with van der Waals surface area (Å²) in [5.74, 6) is 0. The van der Waals surface area contributed by atoms with Gasteiger partial charge in [0.2, 0.25) is 0 Å². The zero-order chi connectivity index (χ0) is 37.7. The van der Waals surface area contributed by atoms with E-state index in [0.29, 0.717) is 0 Å². The van der Waals surface area contributed by atoms with Crippen LogP contribution in [0.3, 0.4) is 0 Å². The van der Waals surface area contributed by atoms with Gasteiger partial charge in [-0.1, -0.05) is 152 Å². The van der Waals surface area contributed by atoms with Crippen LogP contribution < -0.4 is 4.90 Å². The molecule has 0 atom stereocenters. The molecule has 0 saturated carbocycles. The summed E-state index contributed by atoms with van der Waals surface area (Å²) in [6.07, 6.45) is 0. The minimum absolute atomic E-state index is 0.821. The summed E-state index contributed by atoms with van der Waals surface area (Å²) in [4.78, 5) is 2.33. The predicted molar refractivity (Wildman–Crippen MR) is 237 cm³/mol. The first-order valence-corrected chi connectivity index (χ1v) is 19.3. The van der Waals surface area contributed by atoms with E-state index < -0.39 is 0 Å². The van der Waals surface area contributed by atoms with E-state index in [0.717, 1.165) is 72.1 Å². The van der Waals surface area contributed by atoms with Gasteiger partial charge in [-0.15, -0.1) is 0 Å². The van der Waals surface area contributed by atoms with Crippen LogP contribution in [0.25, 0.3) is 88.4 Å². The highest BCUT2D eigenvalue weighted by Crippen LogP contribution is 2.44. The second kappa shape index (κ2) is 13.6. The molecule has 2 heterocycles. The Morgan fingerprint density at radius 1 is 0.263 bits per heavy atom. The molecule has 0 aliphatic carbocycles. The third-order valence-electron chi connectivity index (χ3n) is 11.1. The van der Waals surface area contributed by atoms with E-state index in [1.165, 1.54) is 33.4 Å². The molecular weight excluding hydrogens is 695 g/mol. The topological polar surface area (TPSA) is 29.5 Å². The van der Waals surface area contributed by atoms with Gasteiger partial charge >= 0.3 is 0 Å². The number of rotatable bonds is 7. The maximum Gasteiger partial charge on any atom is 0.147 e. The number of para-hydroxylation sites is 1. The van der Waals surface area contributed by atoms with Crippen LogP contribution in [-0.4, -0.2) is 0 Å². The molecule has 11 rings (SSSR count). The van der Waals surface area contributed by atoms with E-state index >= 15 is 0 Å². The van der Waals surface area contributed by atoms with Crippen LogP contribution >= 0.6 is 0 Å². The Balaban J connectivity index is 0.986. The fourth-order valence-corrected chi connectivity index (χ4v) is 8.29. The molecule has 0 amide bonds. The summed E-state index contributed by atoms with van der Waals surface area (Å²) in [5.41, 5.74) is 16.0. The standard InChI is InChI=1S/C54H35NO2/c1-3-10-36(11-4-1)38-18-20-39(21-19-38)41-24-30-44(31-25-41)55(43-28-22-40(23-29-43)37-12-5-2-6-13-37)45-32-26-42(27-33-45)46-15-9-17-50-52(46)53-51(56-50)35-34-48-47-14-7-8-16-49(47)57-54(48)53/h1-35H. The van der Waals surface area contributed by atoms with Gasteiger partial charge in [0.05, 0.1) is 5.39 Å². The predicted octanol–water partition coefficient (Wildman–Crippen LogP) is 15.6. The largest absolute Gasteiger partial charge is 0.456 e. The van der Waals surface area contributed by atoms with Crippen molar-refractivity contribution in [2.24, 2.45) is 0 Å². The number of hydrogen-bond acceptors (Lipinski definition) is 3. The average Bonchev–Trinajstić information content (AvgIpc) is 3.87. The van der Waals surface area contributed by atoms with Crippen molar-refractivity contribution in [1.82, 2.24) is 0 Å². The van der Waals surface area contributed by atoms with Gasteiger partial charge in [0.1, 0.15) is 22.3 Å². The van der Waals surface area contributed by atoms with Crippen LogP contribution in [0.1, 0.15) is 0 Å². The fourth-order valence-electron chi connectivity index (χ4n) is 8.29. The second-order valence-corrected chi connectivity index (χ2v) is 14.5. The Labute approximate surface area is 330 Å². The van der Waals surface area contributed by atoms with Crippen LogP contribution in [-0.2, 0) is 0 Å². The highest BCUT2D eigenvalue weighted by molar-refractivity contribution is 6.24. The Kier molecular flexibility index (Phi) is 7.82. The molecule has 9 aromatic carbocycles. The number of benzene rings is 9. The van der Waals surface area contributed by atoms with E-state index in [-0.39, 0.29) is 0 Å². The molecule has 0 aliphatic heterocycles. The van der Waals surface area contributed by atoms with Crippen LogP contribution in [0.15, 0.2) is 221 Å². The maximum absolute atomic E-state index is 6.50. The number of nitrogens with zero attached hydrogens (tertiary/aromatic N) is 1. The van der Waals surface area contributed by atoms with E-state index in [4.69, 9.17) is 8.83 Å². The zero-order valence-electron chi connectivity index (χ0n) is 31.0. The van der Waals surface area contributed by atoms with Gasteiger partial charge in [-0.2, -0.15) is 0 Å². The van der Waals surface area contributed by atoms with Crippen molar-refractivity contribution in [3.63, 3.8) is 0 Å². The number of hydrogen-bond donors (Lipinski definition) is 0. The summed E-state index contributed by atoms with van der Waals surface area (Å²) in [5, 5.41) is 4.27. The van der Waals surface area contributed by atoms with E-state index in [2.05, 4.69) is 199 Å². The lowest BCUT2D eigenvalue weighted by molar-refractivity contribution is 0.663. The highest BCUT2D eigenvalue weighted by atomic mass is 16.3. The molecule has 3 nitrogen and oxygen atoms in total. The summed E-state index contributed by atoms with van der Waals surface area (Å²) in [6, 6.07) is 75.1. The molecule has 11 aromatic rings. The van der Waals surface area contributed by atoms with Crippen molar-refractivity contribution in [3.8, 4) is 44.5 Å². The van der Waals surface area contributed by atoms with Crippen molar-refractivity contribution in [2.45, 2.75) is 0 Å². The summed E-state index contributed by atoms with van der Waals surface area (Å²) >= 11 is 0. The van der Waals surface area contributed by atoms with E-state index in [9.17, 15) is 0 Å². The zero-order valence-corrected chi connectivity index (χ0v) is 31.0. The van der Waals surface area contributed by atoms with E-state index in [1.807, 2.05) is 18.2 Å². The van der Waals surface area contributed by atoms with Crippen molar-refractivity contribution in [1.29, 1.82) is 0 Å². The van der Waals surface area contributed by atoms with Crippen LogP contribution in [0.2, 0.25) is 0 Å². The SMILES string of the molecule is c1ccc(-c2ccc(-c3ccc(N(c4ccc(-c5ccccc5)cc4)c4ccc(-c5cccc6oc7ccc8c9ccccc9oc8c7c56)cc4)cc3)cc2)cc1. The molecule has 0 fully saturated rings. The van der Waals surface area contributed by atoms with Gasteiger partial charge in [-0.25, -0.2) is 0 Å². The lowest BCUT2D eigenvalue weighted by Crippen LogP contribution is -2.09. The molecule has 0 bridgehead atoms. The van der Waals surface area contributed by atoms with Crippen molar-refractivity contribution >= 4 is 60.9 Å². The van der Waals surface area contributed by atoms with Gasteiger partial charge in [-0.05, 0) is 105 Å². The molecule has 0 radical (unpaired) electrons. The van der Waals surface area contributed by atoms with Crippen molar-refractivity contribution < 1.29 is 8.83 Å². The number of furan rings is 2. The average molecular weight is 730 g/mol. The molecule has 57 heavy (non-hydrogen) atoms. The Hall–Kier alpha value is -7.62. The van der Waals surface area contributed by atoms with Gasteiger partial charge < -0.3 is 13.7 Å². The normalized spacial score (nSPS) is 11.5. The van der Waals surface area contributed by atoms with Crippen LogP contribution in [0.4, 0.5) is 17.1 Å². The molecule has 268 valence electrons. The smallest absolute Gasteiger partial charge is 0.147 e. The Morgan fingerprint density at radius 2 is 0.702 bits per heavy atom. The monoisotopic (exact) mass is 729 g/mol. The second-order valence-electron chi connectivity index (χ2n) is 14.5. The number of anilines is 3. The third-order valence-corrected chi connectivity index (χ3v) is 11.1. The molecule has 0 aliphatic rings. The lowest BCUT2D eigenvalue weighted by Gasteiger charge is -2.26. The summed E-state index contributed by atoms with van der Waals surface area (Å²) in [6.45, 7) is 0. The van der Waals surface area contributed by atoms with E-state index in [1.54, 1.807) is 0 Å². The minimum atomic E-state index is 0.821. The first-order chi connectivity index (χ1) is 28.2. The van der Waals surface area contributed by atoms with Crippen LogP contribution in [0.5, 0.6) is 0 Å². The molecule has 3 heteroatoms. The van der Waals surface area contributed by atoms with Crippen molar-refractivity contribution in [3.05, 3.63) is 212 Å². The lowest BCUT2D eigenvalue weighted by atomic mass is 9.98. The van der Waals surface area contributed by atoms with Gasteiger partial charge in [0, 0.05) is 33.2 Å². The van der Waals surface area contributed by atoms with Crippen LogP contribution in [0, 0.1) is 0 Å². The molecule has 0 spiro atoms. The van der Waals surface area contributed by atoms with Gasteiger partial charge in [-0.3, -0.25) is 0 Å². The highest BCUT2D eigenvalue weighted by Gasteiger charge is 2.20. The van der Waals surface area contributed by atoms with Crippen molar-refractivity contribution in [2.75, 3.05) is 4.90 Å². The molecule has 0 unspecified atom stereocenters. The first-order valence-electron chi connectivity index (χ1n) is 19.3. The van der Waals surface area contributed by atoms with Gasteiger partial charge in [0.25, 0.3) is 0 Å². The molecular formula is C54H35NO2.